The van der Waals surface area contributed by atoms with Gasteiger partial charge in [0.05, 0.1) is 16.7 Å². The van der Waals surface area contributed by atoms with Crippen LogP contribution in [0.1, 0.15) is 31.1 Å². The summed E-state index contributed by atoms with van der Waals surface area (Å²) in [6.07, 6.45) is 1.49. The molecular weight excluding hydrogens is 266 g/mol. The Kier molecular flexibility index (Phi) is 6.59. The van der Waals surface area contributed by atoms with Gasteiger partial charge in [-0.15, -0.1) is 0 Å². The van der Waals surface area contributed by atoms with E-state index in [0.29, 0.717) is 29.6 Å². The van der Waals surface area contributed by atoms with Gasteiger partial charge in [0.15, 0.2) is 0 Å². The molecule has 0 spiro atoms. The van der Waals surface area contributed by atoms with Crippen LogP contribution in [0.25, 0.3) is 0 Å². The minimum Gasteiger partial charge on any atom is -0.377 e. The van der Waals surface area contributed by atoms with E-state index in [0.717, 1.165) is 6.54 Å². The predicted octanol–water partition coefficient (Wildman–Crippen LogP) is 2.32. The molecule has 1 atom stereocenters. The SMILES string of the molecule is CCNc1ncc(C(=O)NCC(C)OCC)cc1Cl. The summed E-state index contributed by atoms with van der Waals surface area (Å²) < 4.78 is 5.34. The number of hydrogen-bond donors (Lipinski definition) is 2. The molecule has 0 bridgehead atoms. The van der Waals surface area contributed by atoms with Crippen LogP contribution in [-0.4, -0.2) is 36.7 Å². The van der Waals surface area contributed by atoms with Crippen LogP contribution >= 0.6 is 11.6 Å². The van der Waals surface area contributed by atoms with Crippen molar-refractivity contribution in [3.63, 3.8) is 0 Å². The minimum absolute atomic E-state index is 0.0154. The van der Waals surface area contributed by atoms with Gasteiger partial charge in [-0.1, -0.05) is 11.6 Å². The largest absolute Gasteiger partial charge is 0.377 e. The van der Waals surface area contributed by atoms with Gasteiger partial charge in [0.25, 0.3) is 5.91 Å². The molecule has 1 heterocycles. The average Bonchev–Trinajstić information content (AvgIpc) is 2.39. The number of rotatable bonds is 7. The number of aromatic nitrogens is 1. The van der Waals surface area contributed by atoms with Crippen molar-refractivity contribution in [2.45, 2.75) is 26.9 Å². The summed E-state index contributed by atoms with van der Waals surface area (Å²) in [5.41, 5.74) is 0.440. The maximum Gasteiger partial charge on any atom is 0.252 e. The number of pyridine rings is 1. The summed E-state index contributed by atoms with van der Waals surface area (Å²) in [5.74, 6) is 0.382. The van der Waals surface area contributed by atoms with Crippen LogP contribution in [0.3, 0.4) is 0 Å². The van der Waals surface area contributed by atoms with Crippen LogP contribution in [0.15, 0.2) is 12.3 Å². The Morgan fingerprint density at radius 3 is 2.84 bits per heavy atom. The van der Waals surface area contributed by atoms with Crippen LogP contribution < -0.4 is 10.6 Å². The molecule has 6 heteroatoms. The van der Waals surface area contributed by atoms with Crippen molar-refractivity contribution >= 4 is 23.3 Å². The van der Waals surface area contributed by atoms with Crippen molar-refractivity contribution in [2.75, 3.05) is 25.0 Å². The number of carbonyl (C=O) groups is 1. The van der Waals surface area contributed by atoms with Gasteiger partial charge in [-0.05, 0) is 26.8 Å². The number of nitrogens with one attached hydrogen (secondary N) is 2. The molecule has 1 aromatic rings. The Labute approximate surface area is 118 Å². The maximum atomic E-state index is 11.9. The Morgan fingerprint density at radius 1 is 1.53 bits per heavy atom. The highest BCUT2D eigenvalue weighted by Gasteiger charge is 2.10. The third-order valence-electron chi connectivity index (χ3n) is 2.45. The first-order valence-electron chi connectivity index (χ1n) is 6.37. The van der Waals surface area contributed by atoms with Gasteiger partial charge >= 0.3 is 0 Å². The highest BCUT2D eigenvalue weighted by Crippen LogP contribution is 2.19. The molecule has 1 aromatic heterocycles. The van der Waals surface area contributed by atoms with E-state index in [4.69, 9.17) is 16.3 Å². The molecule has 0 fully saturated rings. The Balaban J connectivity index is 2.60. The van der Waals surface area contributed by atoms with Crippen LogP contribution in [0, 0.1) is 0 Å². The Bertz CT molecular complexity index is 426. The van der Waals surface area contributed by atoms with Gasteiger partial charge < -0.3 is 15.4 Å². The standard InChI is InChI=1S/C13H20ClN3O2/c1-4-15-12-11(14)6-10(8-16-12)13(18)17-7-9(3)19-5-2/h6,8-9H,4-5,7H2,1-3H3,(H,15,16)(H,17,18). The zero-order valence-corrected chi connectivity index (χ0v) is 12.3. The maximum absolute atomic E-state index is 11.9. The number of amides is 1. The molecule has 106 valence electrons. The third kappa shape index (κ3) is 5.04. The second-order valence-electron chi connectivity index (χ2n) is 4.06. The van der Waals surface area contributed by atoms with Crippen molar-refractivity contribution < 1.29 is 9.53 Å². The smallest absolute Gasteiger partial charge is 0.252 e. The zero-order valence-electron chi connectivity index (χ0n) is 11.5. The first kappa shape index (κ1) is 15.7. The number of ether oxygens (including phenoxy) is 1. The molecule has 1 unspecified atom stereocenters. The summed E-state index contributed by atoms with van der Waals surface area (Å²) >= 11 is 6.03. The molecule has 1 amide bonds. The van der Waals surface area contributed by atoms with E-state index in [2.05, 4.69) is 15.6 Å². The summed E-state index contributed by atoms with van der Waals surface area (Å²) in [4.78, 5) is 16.0. The molecule has 2 N–H and O–H groups in total. The lowest BCUT2D eigenvalue weighted by Gasteiger charge is -2.13. The second-order valence-corrected chi connectivity index (χ2v) is 4.47. The van der Waals surface area contributed by atoms with E-state index in [9.17, 15) is 4.79 Å². The van der Waals surface area contributed by atoms with Gasteiger partial charge in [0.1, 0.15) is 5.82 Å². The van der Waals surface area contributed by atoms with Crippen molar-refractivity contribution in [2.24, 2.45) is 0 Å². The van der Waals surface area contributed by atoms with Gasteiger partial charge in [-0.3, -0.25) is 4.79 Å². The predicted molar refractivity (Wildman–Crippen MR) is 76.8 cm³/mol. The summed E-state index contributed by atoms with van der Waals surface area (Å²) in [7, 11) is 0. The fraction of sp³-hybridized carbons (Fsp3) is 0.538. The van der Waals surface area contributed by atoms with Crippen LogP contribution in [0.5, 0.6) is 0 Å². The van der Waals surface area contributed by atoms with E-state index in [1.807, 2.05) is 20.8 Å². The van der Waals surface area contributed by atoms with Gasteiger partial charge in [0.2, 0.25) is 0 Å². The molecule has 0 saturated heterocycles. The van der Waals surface area contributed by atoms with Crippen LogP contribution in [0.2, 0.25) is 5.02 Å². The molecule has 0 aliphatic rings. The zero-order chi connectivity index (χ0) is 14.3. The topological polar surface area (TPSA) is 63.2 Å². The summed E-state index contributed by atoms with van der Waals surface area (Å²) in [5, 5.41) is 6.23. The van der Waals surface area contributed by atoms with Gasteiger partial charge in [0, 0.05) is 25.9 Å². The number of halogens is 1. The number of hydrogen-bond acceptors (Lipinski definition) is 4. The number of carbonyl (C=O) groups excluding carboxylic acids is 1. The lowest BCUT2D eigenvalue weighted by Crippen LogP contribution is -2.32. The van der Waals surface area contributed by atoms with E-state index in [1.165, 1.54) is 6.20 Å². The molecule has 0 aromatic carbocycles. The molecule has 5 nitrogen and oxygen atoms in total. The quantitative estimate of drug-likeness (QED) is 0.807. The number of nitrogens with zero attached hydrogens (tertiary/aromatic N) is 1. The summed E-state index contributed by atoms with van der Waals surface area (Å²) in [6, 6.07) is 1.60. The molecule has 0 saturated carbocycles. The van der Waals surface area contributed by atoms with Crippen LogP contribution in [0.4, 0.5) is 5.82 Å². The summed E-state index contributed by atoms with van der Waals surface area (Å²) in [6.45, 7) is 7.59. The third-order valence-corrected chi connectivity index (χ3v) is 2.74. The Hall–Kier alpha value is -1.33. The first-order valence-corrected chi connectivity index (χ1v) is 6.75. The second kappa shape index (κ2) is 7.96. The number of anilines is 1. The van der Waals surface area contributed by atoms with Crippen molar-refractivity contribution in [1.82, 2.24) is 10.3 Å². The molecule has 0 aliphatic heterocycles. The van der Waals surface area contributed by atoms with E-state index in [-0.39, 0.29) is 12.0 Å². The molecular formula is C13H20ClN3O2. The molecule has 19 heavy (non-hydrogen) atoms. The van der Waals surface area contributed by atoms with Crippen molar-refractivity contribution in [3.05, 3.63) is 22.8 Å². The van der Waals surface area contributed by atoms with Gasteiger partial charge in [-0.2, -0.15) is 0 Å². The van der Waals surface area contributed by atoms with E-state index < -0.39 is 0 Å². The fourth-order valence-electron chi connectivity index (χ4n) is 1.54. The normalized spacial score (nSPS) is 12.0. The first-order chi connectivity index (χ1) is 9.08. The van der Waals surface area contributed by atoms with E-state index in [1.54, 1.807) is 6.07 Å². The molecule has 0 radical (unpaired) electrons. The highest BCUT2D eigenvalue weighted by atomic mass is 35.5. The van der Waals surface area contributed by atoms with Crippen molar-refractivity contribution in [3.8, 4) is 0 Å². The van der Waals surface area contributed by atoms with Gasteiger partial charge in [-0.25, -0.2) is 4.98 Å². The average molecular weight is 286 g/mol. The highest BCUT2D eigenvalue weighted by molar-refractivity contribution is 6.33. The minimum atomic E-state index is -0.205. The van der Waals surface area contributed by atoms with Crippen molar-refractivity contribution in [1.29, 1.82) is 0 Å². The van der Waals surface area contributed by atoms with E-state index >= 15 is 0 Å². The monoisotopic (exact) mass is 285 g/mol. The lowest BCUT2D eigenvalue weighted by atomic mass is 10.2. The molecule has 1 rings (SSSR count). The fourth-order valence-corrected chi connectivity index (χ4v) is 1.77. The molecule has 0 aliphatic carbocycles. The lowest BCUT2D eigenvalue weighted by molar-refractivity contribution is 0.0695. The Morgan fingerprint density at radius 2 is 2.26 bits per heavy atom. The van der Waals surface area contributed by atoms with Crippen LogP contribution in [-0.2, 0) is 4.74 Å².